The van der Waals surface area contributed by atoms with E-state index in [0.717, 1.165) is 40.0 Å². The molecule has 3 aromatic rings. The maximum atomic E-state index is 12.4. The maximum absolute atomic E-state index is 12.4. The lowest BCUT2D eigenvalue weighted by Crippen LogP contribution is -2.13. The van der Waals surface area contributed by atoms with Crippen molar-refractivity contribution in [3.8, 4) is 16.2 Å². The van der Waals surface area contributed by atoms with E-state index in [0.29, 0.717) is 17.0 Å². The largest absolute Gasteiger partial charge is 0.491 e. The molecule has 6 nitrogen and oxygen atoms in total. The van der Waals surface area contributed by atoms with Crippen LogP contribution in [0.25, 0.3) is 20.5 Å². The molecule has 3 N–H and O–H groups in total. The fraction of sp³-hybridized carbons (Fsp3) is 0.333. The zero-order valence-corrected chi connectivity index (χ0v) is 12.8. The topological polar surface area (TPSA) is 91.0 Å². The van der Waals surface area contributed by atoms with Gasteiger partial charge >= 0.3 is 0 Å². The molecule has 0 aliphatic carbocycles. The summed E-state index contributed by atoms with van der Waals surface area (Å²) in [5, 5.41) is 17.6. The van der Waals surface area contributed by atoms with Gasteiger partial charge in [-0.1, -0.05) is 0 Å². The van der Waals surface area contributed by atoms with E-state index < -0.39 is 6.10 Å². The van der Waals surface area contributed by atoms with Crippen LogP contribution in [0.5, 0.6) is 5.75 Å². The molecule has 0 radical (unpaired) electrons. The molecule has 22 heavy (non-hydrogen) atoms. The summed E-state index contributed by atoms with van der Waals surface area (Å²) >= 11 is 1.41. The molecule has 0 unspecified atom stereocenters. The molecule has 114 valence electrons. The number of aromatic amines is 2. The van der Waals surface area contributed by atoms with Gasteiger partial charge in [-0.2, -0.15) is 5.10 Å². The van der Waals surface area contributed by atoms with E-state index in [2.05, 4.69) is 15.2 Å². The summed E-state index contributed by atoms with van der Waals surface area (Å²) in [5.41, 5.74) is 2.31. The third kappa shape index (κ3) is 1.89. The number of ether oxygens (including phenoxy) is 1. The standard InChI is InChI=1S/C15H15N3O3S/c1-7(19)11-9-3-2-4-21-12-10(9)14(15(20)18-11)22-13(12)8-5-16-17-6-8/h5-7,19H,2-4H2,1H3,(H,16,17)(H,18,20)/t7-/m0/s1. The molecule has 1 atom stereocenters. The predicted molar refractivity (Wildman–Crippen MR) is 84.5 cm³/mol. The second-order valence-electron chi connectivity index (χ2n) is 5.43. The lowest BCUT2D eigenvalue weighted by Gasteiger charge is -2.11. The van der Waals surface area contributed by atoms with E-state index in [-0.39, 0.29) is 5.56 Å². The molecular formula is C15H15N3O3S. The SMILES string of the molecule is C[C@H](O)c1[nH]c(=O)c2sc(-c3cn[nH]c3)c3c2c1CCCO3. The number of thiophene rings is 1. The smallest absolute Gasteiger partial charge is 0.266 e. The van der Waals surface area contributed by atoms with Crippen LogP contribution in [0.4, 0.5) is 0 Å². The average Bonchev–Trinajstić information content (AvgIpc) is 3.07. The summed E-state index contributed by atoms with van der Waals surface area (Å²) in [6.07, 6.45) is 4.43. The Hall–Kier alpha value is -2.12. The van der Waals surface area contributed by atoms with Gasteiger partial charge in [0.25, 0.3) is 5.56 Å². The van der Waals surface area contributed by atoms with Crippen molar-refractivity contribution in [3.05, 3.63) is 34.0 Å². The number of nitrogens with zero attached hydrogens (tertiary/aromatic N) is 1. The fourth-order valence-corrected chi connectivity index (χ4v) is 4.13. The first-order chi connectivity index (χ1) is 10.7. The molecular weight excluding hydrogens is 302 g/mol. The van der Waals surface area contributed by atoms with Gasteiger partial charge in [0.05, 0.1) is 29.5 Å². The molecule has 0 aromatic carbocycles. The highest BCUT2D eigenvalue weighted by atomic mass is 32.1. The maximum Gasteiger partial charge on any atom is 0.266 e. The Bertz CT molecular complexity index is 893. The Kier molecular flexibility index (Phi) is 3.05. The second kappa shape index (κ2) is 4.96. The van der Waals surface area contributed by atoms with Gasteiger partial charge in [0.2, 0.25) is 0 Å². The van der Waals surface area contributed by atoms with Crippen molar-refractivity contribution in [1.29, 1.82) is 0 Å². The van der Waals surface area contributed by atoms with Gasteiger partial charge in [0.15, 0.2) is 0 Å². The van der Waals surface area contributed by atoms with Crippen LogP contribution in [0.3, 0.4) is 0 Å². The predicted octanol–water partition coefficient (Wildman–Crippen LogP) is 2.36. The lowest BCUT2D eigenvalue weighted by atomic mass is 10.0. The first-order valence-corrected chi connectivity index (χ1v) is 8.00. The summed E-state index contributed by atoms with van der Waals surface area (Å²) in [4.78, 5) is 16.2. The van der Waals surface area contributed by atoms with E-state index in [1.165, 1.54) is 11.3 Å². The van der Waals surface area contributed by atoms with Crippen molar-refractivity contribution < 1.29 is 9.84 Å². The van der Waals surface area contributed by atoms with Crippen LogP contribution in [0.2, 0.25) is 0 Å². The highest BCUT2D eigenvalue weighted by molar-refractivity contribution is 7.22. The Labute approximate surface area is 129 Å². The summed E-state index contributed by atoms with van der Waals surface area (Å²) in [6, 6.07) is 0. The zero-order chi connectivity index (χ0) is 15.3. The molecule has 3 aromatic heterocycles. The van der Waals surface area contributed by atoms with Crippen LogP contribution < -0.4 is 10.3 Å². The Morgan fingerprint density at radius 2 is 2.36 bits per heavy atom. The summed E-state index contributed by atoms with van der Waals surface area (Å²) in [5.74, 6) is 0.738. The number of nitrogens with one attached hydrogen (secondary N) is 2. The van der Waals surface area contributed by atoms with Gasteiger partial charge < -0.3 is 14.8 Å². The summed E-state index contributed by atoms with van der Waals surface area (Å²) in [7, 11) is 0. The Balaban J connectivity index is 2.13. The number of aromatic nitrogens is 3. The molecule has 1 aliphatic rings. The number of aryl methyl sites for hydroxylation is 1. The second-order valence-corrected chi connectivity index (χ2v) is 6.45. The number of hydrogen-bond acceptors (Lipinski definition) is 5. The molecule has 4 rings (SSSR count). The van der Waals surface area contributed by atoms with Gasteiger partial charge in [-0.15, -0.1) is 11.3 Å². The van der Waals surface area contributed by atoms with Gasteiger partial charge in [-0.3, -0.25) is 9.89 Å². The third-order valence-corrected chi connectivity index (χ3v) is 5.16. The molecule has 1 aliphatic heterocycles. The van der Waals surface area contributed by atoms with E-state index in [1.54, 1.807) is 19.3 Å². The van der Waals surface area contributed by atoms with Gasteiger partial charge in [0, 0.05) is 17.1 Å². The van der Waals surface area contributed by atoms with Gasteiger partial charge in [-0.05, 0) is 25.3 Å². The van der Waals surface area contributed by atoms with E-state index in [4.69, 9.17) is 4.74 Å². The molecule has 0 bridgehead atoms. The number of hydrogen-bond donors (Lipinski definition) is 3. The average molecular weight is 317 g/mol. The van der Waals surface area contributed by atoms with Crippen LogP contribution in [-0.4, -0.2) is 26.9 Å². The minimum absolute atomic E-state index is 0.179. The molecule has 7 heteroatoms. The monoisotopic (exact) mass is 317 g/mol. The van der Waals surface area contributed by atoms with Crippen molar-refractivity contribution in [2.75, 3.05) is 6.61 Å². The van der Waals surface area contributed by atoms with Crippen LogP contribution in [0.1, 0.15) is 30.7 Å². The summed E-state index contributed by atoms with van der Waals surface area (Å²) < 4.78 is 6.59. The number of H-pyrrole nitrogens is 2. The molecule has 4 heterocycles. The van der Waals surface area contributed by atoms with Gasteiger partial charge in [0.1, 0.15) is 10.4 Å². The van der Waals surface area contributed by atoms with Crippen LogP contribution in [0.15, 0.2) is 17.2 Å². The Morgan fingerprint density at radius 3 is 3.09 bits per heavy atom. The highest BCUT2D eigenvalue weighted by Crippen LogP contribution is 2.46. The zero-order valence-electron chi connectivity index (χ0n) is 12.0. The molecule has 0 fully saturated rings. The molecule has 0 saturated heterocycles. The highest BCUT2D eigenvalue weighted by Gasteiger charge is 2.26. The lowest BCUT2D eigenvalue weighted by molar-refractivity contribution is 0.193. The number of aliphatic hydroxyl groups is 1. The van der Waals surface area contributed by atoms with E-state index in [9.17, 15) is 9.90 Å². The number of rotatable bonds is 2. The Morgan fingerprint density at radius 1 is 1.50 bits per heavy atom. The molecule has 0 amide bonds. The number of pyridine rings is 1. The van der Waals surface area contributed by atoms with Crippen molar-refractivity contribution in [2.24, 2.45) is 0 Å². The number of aliphatic hydroxyl groups excluding tert-OH is 1. The van der Waals surface area contributed by atoms with Gasteiger partial charge in [-0.25, -0.2) is 0 Å². The van der Waals surface area contributed by atoms with Crippen molar-refractivity contribution >= 4 is 21.4 Å². The first-order valence-electron chi connectivity index (χ1n) is 7.18. The van der Waals surface area contributed by atoms with E-state index >= 15 is 0 Å². The quantitative estimate of drug-likeness (QED) is 0.676. The van der Waals surface area contributed by atoms with Crippen LogP contribution in [-0.2, 0) is 6.42 Å². The van der Waals surface area contributed by atoms with E-state index in [1.807, 2.05) is 0 Å². The van der Waals surface area contributed by atoms with Crippen molar-refractivity contribution in [1.82, 2.24) is 15.2 Å². The van der Waals surface area contributed by atoms with Crippen LogP contribution >= 0.6 is 11.3 Å². The molecule has 0 spiro atoms. The molecule has 0 saturated carbocycles. The van der Waals surface area contributed by atoms with Crippen molar-refractivity contribution in [2.45, 2.75) is 25.9 Å². The first kappa shape index (κ1) is 13.5. The van der Waals surface area contributed by atoms with Crippen LogP contribution in [0, 0.1) is 0 Å². The minimum Gasteiger partial charge on any atom is -0.491 e. The fourth-order valence-electron chi connectivity index (χ4n) is 2.98. The summed E-state index contributed by atoms with van der Waals surface area (Å²) in [6.45, 7) is 2.27. The third-order valence-electron chi connectivity index (χ3n) is 3.94. The normalized spacial score (nSPS) is 15.5. The van der Waals surface area contributed by atoms with Crippen molar-refractivity contribution in [3.63, 3.8) is 0 Å². The minimum atomic E-state index is -0.713.